The Morgan fingerprint density at radius 3 is 1.79 bits per heavy atom. The first-order valence-corrected chi connectivity index (χ1v) is 11.0. The molecule has 0 unspecified atom stereocenters. The van der Waals surface area contributed by atoms with Gasteiger partial charge in [-0.05, 0) is 13.0 Å². The molecule has 2 fully saturated rings. The van der Waals surface area contributed by atoms with Crippen LogP contribution in [0.15, 0.2) is 60.7 Å². The summed E-state index contributed by atoms with van der Waals surface area (Å²) >= 11 is 0. The molecule has 2 aromatic carbocycles. The van der Waals surface area contributed by atoms with E-state index in [-0.39, 0.29) is 12.2 Å². The molecule has 2 aromatic rings. The highest BCUT2D eigenvalue weighted by Gasteiger charge is 2.53. The van der Waals surface area contributed by atoms with Crippen molar-refractivity contribution in [2.24, 2.45) is 0 Å². The Balaban J connectivity index is 1.39. The number of nitrogens with zero attached hydrogens (tertiary/aromatic N) is 1. The van der Waals surface area contributed by atoms with Crippen molar-refractivity contribution >= 4 is 0 Å². The van der Waals surface area contributed by atoms with Gasteiger partial charge in [-0.3, -0.25) is 4.90 Å². The fourth-order valence-corrected chi connectivity index (χ4v) is 4.55. The Bertz CT molecular complexity index is 662. The van der Waals surface area contributed by atoms with E-state index in [1.54, 1.807) is 0 Å². The molecule has 0 aromatic heterocycles. The van der Waals surface area contributed by atoms with E-state index in [2.05, 4.69) is 60.4 Å². The maximum absolute atomic E-state index is 6.67. The van der Waals surface area contributed by atoms with Gasteiger partial charge in [0.1, 0.15) is 12.2 Å². The van der Waals surface area contributed by atoms with Crippen LogP contribution in [0.4, 0.5) is 0 Å². The van der Waals surface area contributed by atoms with Crippen molar-refractivity contribution in [2.45, 2.75) is 63.4 Å². The number of hydrogen-bond donors (Lipinski definition) is 0. The van der Waals surface area contributed by atoms with Crippen LogP contribution in [-0.2, 0) is 15.3 Å². The monoisotopic (exact) mass is 379 g/mol. The smallest absolute Gasteiger partial charge is 0.223 e. The lowest BCUT2D eigenvalue weighted by Crippen LogP contribution is -2.34. The van der Waals surface area contributed by atoms with Crippen molar-refractivity contribution < 1.29 is 9.47 Å². The van der Waals surface area contributed by atoms with E-state index in [9.17, 15) is 0 Å². The van der Waals surface area contributed by atoms with Gasteiger partial charge in [0, 0.05) is 24.2 Å². The van der Waals surface area contributed by atoms with Crippen molar-refractivity contribution in [1.82, 2.24) is 4.90 Å². The topological polar surface area (TPSA) is 21.7 Å². The number of unbranched alkanes of at least 4 members (excludes halogenated alkanes) is 5. The molecule has 2 saturated heterocycles. The molecular formula is C25H33NO2. The second-order valence-corrected chi connectivity index (χ2v) is 8.19. The fourth-order valence-electron chi connectivity index (χ4n) is 4.55. The van der Waals surface area contributed by atoms with Crippen molar-refractivity contribution in [3.8, 4) is 0 Å². The molecule has 0 N–H and O–H groups in total. The van der Waals surface area contributed by atoms with Crippen LogP contribution in [0, 0.1) is 0 Å². The Morgan fingerprint density at radius 1 is 0.750 bits per heavy atom. The van der Waals surface area contributed by atoms with Crippen LogP contribution in [0.1, 0.15) is 56.6 Å². The van der Waals surface area contributed by atoms with Gasteiger partial charge in [0.15, 0.2) is 0 Å². The highest BCUT2D eigenvalue weighted by molar-refractivity contribution is 5.35. The summed E-state index contributed by atoms with van der Waals surface area (Å²) in [5.74, 6) is -0.774. The van der Waals surface area contributed by atoms with E-state index in [4.69, 9.17) is 9.47 Å². The number of ether oxygens (including phenoxy) is 2. The van der Waals surface area contributed by atoms with Gasteiger partial charge in [-0.25, -0.2) is 0 Å². The zero-order chi connectivity index (χ0) is 19.2. The minimum absolute atomic E-state index is 0.139. The lowest BCUT2D eigenvalue weighted by Gasteiger charge is -2.31. The lowest BCUT2D eigenvalue weighted by molar-refractivity contribution is -0.159. The highest BCUT2D eigenvalue weighted by Crippen LogP contribution is 2.45. The molecule has 2 aliphatic rings. The molecule has 2 aliphatic heterocycles. The minimum Gasteiger partial charge on any atom is -0.335 e. The van der Waals surface area contributed by atoms with Gasteiger partial charge in [0.25, 0.3) is 0 Å². The van der Waals surface area contributed by atoms with Gasteiger partial charge in [0.05, 0.1) is 0 Å². The number of hydrogen-bond acceptors (Lipinski definition) is 3. The largest absolute Gasteiger partial charge is 0.335 e. The van der Waals surface area contributed by atoms with Gasteiger partial charge < -0.3 is 9.47 Å². The summed E-state index contributed by atoms with van der Waals surface area (Å²) in [6.45, 7) is 5.38. The number of likely N-dealkylation sites (tertiary alicyclic amines) is 1. The Kier molecular flexibility index (Phi) is 6.46. The molecule has 0 saturated carbocycles. The van der Waals surface area contributed by atoms with Crippen molar-refractivity contribution in [1.29, 1.82) is 0 Å². The minimum atomic E-state index is -0.774. The Morgan fingerprint density at radius 2 is 1.25 bits per heavy atom. The third kappa shape index (κ3) is 4.17. The molecule has 150 valence electrons. The molecule has 0 radical (unpaired) electrons. The predicted molar refractivity (Wildman–Crippen MR) is 113 cm³/mol. The third-order valence-electron chi connectivity index (χ3n) is 6.06. The maximum atomic E-state index is 6.67. The molecule has 2 heterocycles. The molecule has 28 heavy (non-hydrogen) atoms. The second kappa shape index (κ2) is 9.21. The van der Waals surface area contributed by atoms with Gasteiger partial charge >= 0.3 is 0 Å². The first-order valence-electron chi connectivity index (χ1n) is 11.0. The first kappa shape index (κ1) is 19.6. The fraction of sp³-hybridized carbons (Fsp3) is 0.520. The molecular weight excluding hydrogens is 346 g/mol. The third-order valence-corrected chi connectivity index (χ3v) is 6.06. The summed E-state index contributed by atoms with van der Waals surface area (Å²) in [5, 5.41) is 0. The van der Waals surface area contributed by atoms with E-state index >= 15 is 0 Å². The molecule has 0 spiro atoms. The van der Waals surface area contributed by atoms with Crippen molar-refractivity contribution in [3.05, 3.63) is 71.8 Å². The van der Waals surface area contributed by atoms with Crippen LogP contribution in [0.2, 0.25) is 0 Å². The molecule has 3 nitrogen and oxygen atoms in total. The van der Waals surface area contributed by atoms with E-state index in [1.165, 1.54) is 38.5 Å². The lowest BCUT2D eigenvalue weighted by atomic mass is 9.97. The zero-order valence-electron chi connectivity index (χ0n) is 17.1. The average Bonchev–Trinajstić information content (AvgIpc) is 3.29. The summed E-state index contributed by atoms with van der Waals surface area (Å²) in [6.07, 6.45) is 8.33. The average molecular weight is 380 g/mol. The van der Waals surface area contributed by atoms with Crippen molar-refractivity contribution in [3.63, 3.8) is 0 Å². The standard InChI is InChI=1S/C25H33NO2/c1-2-3-4-5-6-13-18-26-19-23-24(20-26)28-25(27-23,21-14-9-7-10-15-21)22-16-11-8-12-17-22/h7-12,14-17,23-24H,2-6,13,18-20H2,1H3/t23-,24+. The number of rotatable bonds is 9. The SMILES string of the molecule is CCCCCCCCN1C[C@@H]2OC(c3ccccc3)(c3ccccc3)O[C@@H]2C1. The number of benzene rings is 2. The van der Waals surface area contributed by atoms with Gasteiger partial charge in [-0.15, -0.1) is 0 Å². The second-order valence-electron chi connectivity index (χ2n) is 8.19. The molecule has 2 atom stereocenters. The molecule has 0 aliphatic carbocycles. The normalized spacial score (nSPS) is 23.8. The van der Waals surface area contributed by atoms with Crippen LogP contribution >= 0.6 is 0 Å². The summed E-state index contributed by atoms with van der Waals surface area (Å²) in [6, 6.07) is 20.8. The van der Waals surface area contributed by atoms with E-state index in [1.807, 2.05) is 12.1 Å². The van der Waals surface area contributed by atoms with Crippen LogP contribution in [0.5, 0.6) is 0 Å². The van der Waals surface area contributed by atoms with Gasteiger partial charge in [0.2, 0.25) is 5.79 Å². The summed E-state index contributed by atoms with van der Waals surface area (Å²) < 4.78 is 13.3. The van der Waals surface area contributed by atoms with Gasteiger partial charge in [-0.2, -0.15) is 0 Å². The van der Waals surface area contributed by atoms with Crippen LogP contribution < -0.4 is 0 Å². The highest BCUT2D eigenvalue weighted by atomic mass is 16.8. The van der Waals surface area contributed by atoms with Crippen molar-refractivity contribution in [2.75, 3.05) is 19.6 Å². The van der Waals surface area contributed by atoms with E-state index < -0.39 is 5.79 Å². The summed E-state index contributed by atoms with van der Waals surface area (Å²) in [5.41, 5.74) is 2.16. The first-order chi connectivity index (χ1) is 13.8. The predicted octanol–water partition coefficient (Wildman–Crippen LogP) is 5.35. The van der Waals surface area contributed by atoms with Crippen LogP contribution in [-0.4, -0.2) is 36.7 Å². The maximum Gasteiger partial charge on any atom is 0.223 e. The Hall–Kier alpha value is -1.68. The molecule has 0 bridgehead atoms. The summed E-state index contributed by atoms with van der Waals surface area (Å²) in [7, 11) is 0. The van der Waals surface area contributed by atoms with Gasteiger partial charge in [-0.1, -0.05) is 99.7 Å². The van der Waals surface area contributed by atoms with E-state index in [0.29, 0.717) is 0 Å². The molecule has 3 heteroatoms. The molecule has 0 amide bonds. The quantitative estimate of drug-likeness (QED) is 0.548. The zero-order valence-corrected chi connectivity index (χ0v) is 17.1. The van der Waals surface area contributed by atoms with E-state index in [0.717, 1.165) is 30.8 Å². The van der Waals surface area contributed by atoms with Crippen LogP contribution in [0.3, 0.4) is 0 Å². The Labute approximate surface area is 169 Å². The summed E-state index contributed by atoms with van der Waals surface area (Å²) in [4.78, 5) is 2.52. The molecule has 4 rings (SSSR count). The number of fused-ring (bicyclic) bond motifs is 1. The van der Waals surface area contributed by atoms with Crippen LogP contribution in [0.25, 0.3) is 0 Å².